The zero-order chi connectivity index (χ0) is 13.4. The van der Waals surface area contributed by atoms with Crippen LogP contribution in [0.5, 0.6) is 0 Å². The highest BCUT2D eigenvalue weighted by Crippen LogP contribution is 2.20. The van der Waals surface area contributed by atoms with Crippen molar-refractivity contribution in [3.8, 4) is 0 Å². The van der Waals surface area contributed by atoms with Crippen LogP contribution in [0.4, 0.5) is 0 Å². The van der Waals surface area contributed by atoms with Crippen molar-refractivity contribution in [3.63, 3.8) is 0 Å². The summed E-state index contributed by atoms with van der Waals surface area (Å²) in [5, 5.41) is 10.8. The van der Waals surface area contributed by atoms with Gasteiger partial charge in [0.15, 0.2) is 0 Å². The molecule has 1 aliphatic heterocycles. The van der Waals surface area contributed by atoms with E-state index in [0.29, 0.717) is 30.2 Å². The molecule has 0 saturated carbocycles. The second-order valence-corrected chi connectivity index (χ2v) is 4.31. The van der Waals surface area contributed by atoms with Crippen molar-refractivity contribution in [1.29, 1.82) is 5.41 Å². The Labute approximate surface area is 108 Å². The van der Waals surface area contributed by atoms with Gasteiger partial charge in [0.25, 0.3) is 0 Å². The average molecular weight is 254 g/mol. The molecule has 1 saturated heterocycles. The number of hydrogen-bond acceptors (Lipinski definition) is 5. The largest absolute Gasteiger partial charge is 0.462 e. The molecule has 1 aliphatic rings. The lowest BCUT2D eigenvalue weighted by Gasteiger charge is -2.22. The molecule has 0 radical (unpaired) electrons. The Hall–Kier alpha value is -1.36. The first-order chi connectivity index (χ1) is 8.69. The number of rotatable bonds is 6. The number of esters is 1. The number of hydrogen-bond donors (Lipinski definition) is 2. The predicted octanol–water partition coefficient (Wildman–Crippen LogP) is 1.49. The fraction of sp³-hybridized carbons (Fsp3) is 0.692. The minimum absolute atomic E-state index is 0.324. The van der Waals surface area contributed by atoms with Crippen molar-refractivity contribution in [3.05, 3.63) is 11.8 Å². The molecule has 0 spiro atoms. The Morgan fingerprint density at radius 1 is 1.50 bits per heavy atom. The molecule has 5 nitrogen and oxygen atoms in total. The summed E-state index contributed by atoms with van der Waals surface area (Å²) in [5.41, 5.74) is 0.667. The summed E-state index contributed by atoms with van der Waals surface area (Å²) < 4.78 is 10.2. The molecule has 0 unspecified atom stereocenters. The third-order valence-corrected chi connectivity index (χ3v) is 2.94. The molecule has 0 bridgehead atoms. The molecule has 1 rings (SSSR count). The third-order valence-electron chi connectivity index (χ3n) is 2.94. The van der Waals surface area contributed by atoms with Crippen molar-refractivity contribution in [2.24, 2.45) is 5.92 Å². The zero-order valence-electron chi connectivity index (χ0n) is 11.1. The molecule has 1 fully saturated rings. The Morgan fingerprint density at radius 3 is 2.72 bits per heavy atom. The summed E-state index contributed by atoms with van der Waals surface area (Å²) in [4.78, 5) is 11.7. The highest BCUT2D eigenvalue weighted by atomic mass is 16.5. The molecule has 102 valence electrons. The molecular formula is C13H22N2O3. The van der Waals surface area contributed by atoms with Crippen LogP contribution in [0.3, 0.4) is 0 Å². The summed E-state index contributed by atoms with van der Waals surface area (Å²) in [5.74, 6) is 0.00448. The lowest BCUT2D eigenvalue weighted by molar-refractivity contribution is -0.137. The van der Waals surface area contributed by atoms with Crippen molar-refractivity contribution in [2.75, 3.05) is 26.9 Å². The monoisotopic (exact) mass is 254 g/mol. The molecule has 2 N–H and O–H groups in total. The zero-order valence-corrected chi connectivity index (χ0v) is 11.1. The van der Waals surface area contributed by atoms with Crippen molar-refractivity contribution >= 4 is 11.7 Å². The van der Waals surface area contributed by atoms with Gasteiger partial charge < -0.3 is 20.2 Å². The minimum Gasteiger partial charge on any atom is -0.462 e. The summed E-state index contributed by atoms with van der Waals surface area (Å²) in [7, 11) is 1.71. The highest BCUT2D eigenvalue weighted by molar-refractivity contribution is 6.18. The van der Waals surface area contributed by atoms with Crippen LogP contribution < -0.4 is 5.32 Å². The van der Waals surface area contributed by atoms with Gasteiger partial charge in [-0.2, -0.15) is 0 Å². The quantitative estimate of drug-likeness (QED) is 0.428. The van der Waals surface area contributed by atoms with Crippen LogP contribution in [0.1, 0.15) is 26.2 Å². The van der Waals surface area contributed by atoms with E-state index < -0.39 is 5.97 Å². The molecule has 0 amide bonds. The standard InChI is InChI=1S/C13H22N2O3/c1-3-18-13(16)11(9-15-2)12(14)8-10-4-6-17-7-5-10/h9-10,14-15H,3-8H2,1-2H3/b11-9+,14-12?. The minimum atomic E-state index is -0.427. The summed E-state index contributed by atoms with van der Waals surface area (Å²) in [6.07, 6.45) is 4.06. The fourth-order valence-electron chi connectivity index (χ4n) is 1.97. The summed E-state index contributed by atoms with van der Waals surface area (Å²) in [6.45, 7) is 3.59. The van der Waals surface area contributed by atoms with E-state index in [1.165, 1.54) is 0 Å². The summed E-state index contributed by atoms with van der Waals surface area (Å²) >= 11 is 0. The third kappa shape index (κ3) is 4.49. The Morgan fingerprint density at radius 2 is 2.17 bits per heavy atom. The van der Waals surface area contributed by atoms with E-state index in [9.17, 15) is 4.79 Å². The lowest BCUT2D eigenvalue weighted by atomic mass is 9.91. The first kappa shape index (κ1) is 14.7. The summed E-state index contributed by atoms with van der Waals surface area (Å²) in [6, 6.07) is 0. The van der Waals surface area contributed by atoms with Crippen molar-refractivity contribution in [1.82, 2.24) is 5.32 Å². The lowest BCUT2D eigenvalue weighted by Crippen LogP contribution is -2.23. The molecule has 0 aliphatic carbocycles. The fourth-order valence-corrected chi connectivity index (χ4v) is 1.97. The predicted molar refractivity (Wildman–Crippen MR) is 69.7 cm³/mol. The van der Waals surface area contributed by atoms with Gasteiger partial charge in [-0.25, -0.2) is 4.79 Å². The van der Waals surface area contributed by atoms with Gasteiger partial charge >= 0.3 is 5.97 Å². The Bertz CT molecular complexity index is 320. The van der Waals surface area contributed by atoms with E-state index in [1.807, 2.05) is 0 Å². The van der Waals surface area contributed by atoms with E-state index in [4.69, 9.17) is 14.9 Å². The first-order valence-corrected chi connectivity index (χ1v) is 6.39. The molecule has 0 atom stereocenters. The second-order valence-electron chi connectivity index (χ2n) is 4.31. The maximum atomic E-state index is 11.7. The van der Waals surface area contributed by atoms with Crippen LogP contribution in [-0.2, 0) is 14.3 Å². The topological polar surface area (TPSA) is 71.4 Å². The van der Waals surface area contributed by atoms with Crippen molar-refractivity contribution in [2.45, 2.75) is 26.2 Å². The van der Waals surface area contributed by atoms with Crippen LogP contribution in [0.2, 0.25) is 0 Å². The van der Waals surface area contributed by atoms with E-state index in [2.05, 4.69) is 5.32 Å². The molecular weight excluding hydrogens is 232 g/mol. The van der Waals surface area contributed by atoms with Crippen LogP contribution in [0.15, 0.2) is 11.8 Å². The first-order valence-electron chi connectivity index (χ1n) is 6.39. The van der Waals surface area contributed by atoms with Crippen LogP contribution in [0, 0.1) is 11.3 Å². The van der Waals surface area contributed by atoms with Gasteiger partial charge in [0, 0.05) is 32.2 Å². The van der Waals surface area contributed by atoms with Gasteiger partial charge in [0.2, 0.25) is 0 Å². The molecule has 0 aromatic rings. The highest BCUT2D eigenvalue weighted by Gasteiger charge is 2.21. The van der Waals surface area contributed by atoms with Crippen LogP contribution >= 0.6 is 0 Å². The molecule has 1 heterocycles. The van der Waals surface area contributed by atoms with Gasteiger partial charge in [0.05, 0.1) is 12.2 Å². The average Bonchev–Trinajstić information content (AvgIpc) is 2.37. The van der Waals surface area contributed by atoms with E-state index in [1.54, 1.807) is 20.2 Å². The molecule has 5 heteroatoms. The molecule has 0 aromatic carbocycles. The smallest absolute Gasteiger partial charge is 0.341 e. The normalized spacial score (nSPS) is 17.3. The van der Waals surface area contributed by atoms with E-state index in [-0.39, 0.29) is 0 Å². The number of carbonyl (C=O) groups excluding carboxylic acids is 1. The number of ether oxygens (including phenoxy) is 2. The second kappa shape index (κ2) is 7.87. The van der Waals surface area contributed by atoms with Gasteiger partial charge in [-0.15, -0.1) is 0 Å². The van der Waals surface area contributed by atoms with Crippen molar-refractivity contribution < 1.29 is 14.3 Å². The van der Waals surface area contributed by atoms with E-state index in [0.717, 1.165) is 26.1 Å². The maximum absolute atomic E-state index is 11.7. The molecule has 18 heavy (non-hydrogen) atoms. The molecule has 0 aromatic heterocycles. The van der Waals surface area contributed by atoms with Crippen LogP contribution in [-0.4, -0.2) is 38.5 Å². The van der Waals surface area contributed by atoms with E-state index >= 15 is 0 Å². The van der Waals surface area contributed by atoms with Gasteiger partial charge in [-0.1, -0.05) is 0 Å². The van der Waals surface area contributed by atoms with Gasteiger partial charge in [-0.3, -0.25) is 0 Å². The Balaban J connectivity index is 2.59. The van der Waals surface area contributed by atoms with Gasteiger partial charge in [-0.05, 0) is 32.1 Å². The number of nitrogens with one attached hydrogen (secondary N) is 2. The number of carbonyl (C=O) groups is 1. The Kier molecular flexibility index (Phi) is 6.43. The van der Waals surface area contributed by atoms with Gasteiger partial charge in [0.1, 0.15) is 0 Å². The SMILES string of the molecule is CCOC(=O)/C(=C/NC)C(=N)CC1CCOCC1. The maximum Gasteiger partial charge on any atom is 0.341 e. The van der Waals surface area contributed by atoms with Crippen LogP contribution in [0.25, 0.3) is 0 Å².